The van der Waals surface area contributed by atoms with Gasteiger partial charge in [-0.25, -0.2) is 0 Å². The van der Waals surface area contributed by atoms with E-state index in [-0.39, 0.29) is 0 Å². The Morgan fingerprint density at radius 3 is 2.00 bits per heavy atom. The van der Waals surface area contributed by atoms with Crippen LogP contribution in [0, 0.1) is 34.6 Å². The molecule has 1 N–H and O–H groups in total. The monoisotopic (exact) mass is 273 g/mol. The molecule has 2 heteroatoms. The van der Waals surface area contributed by atoms with Gasteiger partial charge in [0.25, 0.3) is 0 Å². The minimum Gasteiger partial charge on any atom is -0.308 e. The lowest BCUT2D eigenvalue weighted by molar-refractivity contribution is 0.694. The van der Waals surface area contributed by atoms with Gasteiger partial charge in [0.2, 0.25) is 0 Å². The van der Waals surface area contributed by atoms with E-state index in [0.29, 0.717) is 0 Å². The quantitative estimate of drug-likeness (QED) is 0.859. The predicted molar refractivity (Wildman–Crippen MR) is 85.0 cm³/mol. The molecule has 0 atom stereocenters. The molecule has 1 aromatic carbocycles. The maximum Gasteiger partial charge on any atom is 0.0303 e. The second-order valence-electron chi connectivity index (χ2n) is 5.43. The summed E-state index contributed by atoms with van der Waals surface area (Å²) in [6.07, 6.45) is 0. The van der Waals surface area contributed by atoms with Gasteiger partial charge in [0.05, 0.1) is 0 Å². The third-order valence-corrected chi connectivity index (χ3v) is 4.81. The first-order chi connectivity index (χ1) is 8.97. The molecule has 0 aliphatic rings. The van der Waals surface area contributed by atoms with Gasteiger partial charge in [0, 0.05) is 22.8 Å². The van der Waals surface area contributed by atoms with Gasteiger partial charge in [-0.2, -0.15) is 0 Å². The third kappa shape index (κ3) is 3.46. The third-order valence-electron chi connectivity index (χ3n) is 3.66. The summed E-state index contributed by atoms with van der Waals surface area (Å²) in [4.78, 5) is 2.86. The van der Waals surface area contributed by atoms with Gasteiger partial charge in [-0.1, -0.05) is 17.7 Å². The Labute approximate surface area is 120 Å². The smallest absolute Gasteiger partial charge is 0.0303 e. The standard InChI is InChI=1S/C17H23NS/c1-11-6-13(3)17(14(4)7-11)10-18-9-16-8-12(2)15(5)19-16/h6-8,18H,9-10H2,1-5H3. The van der Waals surface area contributed by atoms with Crippen molar-refractivity contribution in [3.63, 3.8) is 0 Å². The summed E-state index contributed by atoms with van der Waals surface area (Å²) in [5.41, 5.74) is 6.98. The highest BCUT2D eigenvalue weighted by molar-refractivity contribution is 7.12. The molecule has 0 radical (unpaired) electrons. The van der Waals surface area contributed by atoms with Gasteiger partial charge >= 0.3 is 0 Å². The van der Waals surface area contributed by atoms with E-state index in [1.165, 1.54) is 37.6 Å². The van der Waals surface area contributed by atoms with Crippen LogP contribution in [0.15, 0.2) is 18.2 Å². The van der Waals surface area contributed by atoms with Gasteiger partial charge < -0.3 is 5.32 Å². The molecule has 0 aliphatic heterocycles. The fourth-order valence-electron chi connectivity index (χ4n) is 2.54. The van der Waals surface area contributed by atoms with E-state index in [0.717, 1.165) is 13.1 Å². The zero-order chi connectivity index (χ0) is 14.0. The highest BCUT2D eigenvalue weighted by atomic mass is 32.1. The highest BCUT2D eigenvalue weighted by Crippen LogP contribution is 2.21. The number of hydrogen-bond donors (Lipinski definition) is 1. The molecule has 0 amide bonds. The van der Waals surface area contributed by atoms with Crippen molar-refractivity contribution in [1.29, 1.82) is 0 Å². The van der Waals surface area contributed by atoms with Crippen molar-refractivity contribution in [3.05, 3.63) is 55.8 Å². The largest absolute Gasteiger partial charge is 0.308 e. The number of rotatable bonds is 4. The first-order valence-electron chi connectivity index (χ1n) is 6.80. The summed E-state index contributed by atoms with van der Waals surface area (Å²) in [5, 5.41) is 3.57. The Kier molecular flexibility index (Phi) is 4.43. The van der Waals surface area contributed by atoms with Crippen molar-refractivity contribution in [1.82, 2.24) is 5.32 Å². The Morgan fingerprint density at radius 1 is 0.842 bits per heavy atom. The normalized spacial score (nSPS) is 11.0. The van der Waals surface area contributed by atoms with Crippen LogP contribution in [0.1, 0.15) is 37.6 Å². The van der Waals surface area contributed by atoms with Crippen LogP contribution in [0.5, 0.6) is 0 Å². The zero-order valence-electron chi connectivity index (χ0n) is 12.6. The SMILES string of the molecule is Cc1cc(C)c(CNCc2cc(C)c(C)s2)c(C)c1. The fraction of sp³-hybridized carbons (Fsp3) is 0.412. The number of thiophene rings is 1. The van der Waals surface area contributed by atoms with Crippen molar-refractivity contribution in [2.45, 2.75) is 47.7 Å². The number of aryl methyl sites for hydroxylation is 5. The van der Waals surface area contributed by atoms with Crippen molar-refractivity contribution in [3.8, 4) is 0 Å². The van der Waals surface area contributed by atoms with Crippen LogP contribution in [-0.4, -0.2) is 0 Å². The maximum atomic E-state index is 3.57. The van der Waals surface area contributed by atoms with Crippen LogP contribution in [0.2, 0.25) is 0 Å². The highest BCUT2D eigenvalue weighted by Gasteiger charge is 2.05. The van der Waals surface area contributed by atoms with Crippen LogP contribution >= 0.6 is 11.3 Å². The van der Waals surface area contributed by atoms with Crippen LogP contribution in [-0.2, 0) is 13.1 Å². The van der Waals surface area contributed by atoms with Crippen molar-refractivity contribution >= 4 is 11.3 Å². The molecular weight excluding hydrogens is 250 g/mol. The summed E-state index contributed by atoms with van der Waals surface area (Å²) in [6, 6.07) is 6.83. The molecule has 1 nitrogen and oxygen atoms in total. The Balaban J connectivity index is 2.00. The molecule has 0 saturated heterocycles. The second-order valence-corrected chi connectivity index (χ2v) is 6.77. The molecule has 0 unspecified atom stereocenters. The van der Waals surface area contributed by atoms with Gasteiger partial charge in [-0.15, -0.1) is 11.3 Å². The second kappa shape index (κ2) is 5.89. The average molecular weight is 273 g/mol. The molecular formula is C17H23NS. The number of benzene rings is 1. The molecule has 0 fully saturated rings. The average Bonchev–Trinajstić information content (AvgIpc) is 2.62. The first kappa shape index (κ1) is 14.3. The fourth-order valence-corrected chi connectivity index (χ4v) is 3.56. The van der Waals surface area contributed by atoms with E-state index in [1.54, 1.807) is 0 Å². The van der Waals surface area contributed by atoms with E-state index in [9.17, 15) is 0 Å². The van der Waals surface area contributed by atoms with Gasteiger partial charge in [0.15, 0.2) is 0 Å². The molecule has 0 bridgehead atoms. The predicted octanol–water partition coefficient (Wildman–Crippen LogP) is 4.58. The van der Waals surface area contributed by atoms with E-state index in [1.807, 2.05) is 11.3 Å². The van der Waals surface area contributed by atoms with Gasteiger partial charge in [-0.3, -0.25) is 0 Å². The van der Waals surface area contributed by atoms with E-state index < -0.39 is 0 Å². The summed E-state index contributed by atoms with van der Waals surface area (Å²) in [5.74, 6) is 0. The molecule has 2 aromatic rings. The van der Waals surface area contributed by atoms with Crippen LogP contribution < -0.4 is 5.32 Å². The lowest BCUT2D eigenvalue weighted by Crippen LogP contribution is -2.14. The molecule has 2 rings (SSSR count). The zero-order valence-corrected chi connectivity index (χ0v) is 13.4. The van der Waals surface area contributed by atoms with Gasteiger partial charge in [0.1, 0.15) is 0 Å². The summed E-state index contributed by atoms with van der Waals surface area (Å²) in [6.45, 7) is 12.9. The first-order valence-corrected chi connectivity index (χ1v) is 7.62. The summed E-state index contributed by atoms with van der Waals surface area (Å²) < 4.78 is 0. The summed E-state index contributed by atoms with van der Waals surface area (Å²) >= 11 is 1.90. The molecule has 0 aliphatic carbocycles. The van der Waals surface area contributed by atoms with Gasteiger partial charge in [-0.05, 0) is 62.9 Å². The van der Waals surface area contributed by atoms with Crippen molar-refractivity contribution < 1.29 is 0 Å². The lowest BCUT2D eigenvalue weighted by Gasteiger charge is -2.12. The molecule has 19 heavy (non-hydrogen) atoms. The van der Waals surface area contributed by atoms with Crippen LogP contribution in [0.4, 0.5) is 0 Å². The number of nitrogens with one attached hydrogen (secondary N) is 1. The molecule has 1 heterocycles. The lowest BCUT2D eigenvalue weighted by atomic mass is 10.00. The topological polar surface area (TPSA) is 12.0 Å². The van der Waals surface area contributed by atoms with Crippen molar-refractivity contribution in [2.75, 3.05) is 0 Å². The minimum absolute atomic E-state index is 0.952. The van der Waals surface area contributed by atoms with E-state index in [4.69, 9.17) is 0 Å². The number of hydrogen-bond acceptors (Lipinski definition) is 2. The minimum atomic E-state index is 0.952. The maximum absolute atomic E-state index is 3.57. The molecule has 102 valence electrons. The molecule has 1 aromatic heterocycles. The molecule has 0 saturated carbocycles. The summed E-state index contributed by atoms with van der Waals surface area (Å²) in [7, 11) is 0. The van der Waals surface area contributed by atoms with Crippen LogP contribution in [0.3, 0.4) is 0 Å². The Morgan fingerprint density at radius 2 is 1.47 bits per heavy atom. The van der Waals surface area contributed by atoms with E-state index >= 15 is 0 Å². The Hall–Kier alpha value is -1.12. The van der Waals surface area contributed by atoms with Crippen molar-refractivity contribution in [2.24, 2.45) is 0 Å². The van der Waals surface area contributed by atoms with E-state index in [2.05, 4.69) is 58.1 Å². The Bertz CT molecular complexity index is 538. The molecule has 0 spiro atoms. The van der Waals surface area contributed by atoms with Crippen LogP contribution in [0.25, 0.3) is 0 Å².